The SMILES string of the molecule is COc1cccc(CCN=C2C=C[NH+]=C3C2C(=O)N(C)C(=O)N3C)c1. The third-order valence-corrected chi connectivity index (χ3v) is 4.40. The van der Waals surface area contributed by atoms with Gasteiger partial charge in [-0.2, -0.15) is 4.90 Å². The van der Waals surface area contributed by atoms with Crippen molar-refractivity contribution < 1.29 is 19.3 Å². The van der Waals surface area contributed by atoms with Crippen LogP contribution in [0.5, 0.6) is 5.75 Å². The zero-order valence-corrected chi connectivity index (χ0v) is 14.5. The number of imide groups is 1. The molecule has 0 radical (unpaired) electrons. The van der Waals surface area contributed by atoms with Gasteiger partial charge in [0.05, 0.1) is 26.1 Å². The minimum Gasteiger partial charge on any atom is -0.497 e. The maximum atomic E-state index is 12.5. The van der Waals surface area contributed by atoms with Crippen LogP contribution in [0.2, 0.25) is 0 Å². The second-order valence-corrected chi connectivity index (χ2v) is 5.94. The Balaban J connectivity index is 1.77. The molecule has 25 heavy (non-hydrogen) atoms. The number of rotatable bonds is 4. The number of nitrogens with zero attached hydrogens (tertiary/aromatic N) is 3. The van der Waals surface area contributed by atoms with E-state index in [0.29, 0.717) is 18.1 Å². The number of carbonyl (C=O) groups excluding carboxylic acids is 2. The summed E-state index contributed by atoms with van der Waals surface area (Å²) in [5.74, 6) is 0.528. The quantitative estimate of drug-likeness (QED) is 0.826. The van der Waals surface area contributed by atoms with Crippen molar-refractivity contribution in [2.75, 3.05) is 27.7 Å². The zero-order valence-electron chi connectivity index (χ0n) is 14.5. The number of amidine groups is 1. The second-order valence-electron chi connectivity index (χ2n) is 5.94. The number of nitrogens with one attached hydrogen (secondary N) is 1. The number of fused-ring (bicyclic) bond motifs is 1. The van der Waals surface area contributed by atoms with Crippen LogP contribution in [0.1, 0.15) is 5.56 Å². The first kappa shape index (κ1) is 16.9. The van der Waals surface area contributed by atoms with Crippen LogP contribution in [0.3, 0.4) is 0 Å². The van der Waals surface area contributed by atoms with E-state index in [1.54, 1.807) is 26.4 Å². The topological polar surface area (TPSA) is 76.2 Å². The average molecular weight is 341 g/mol. The Morgan fingerprint density at radius 2 is 2.04 bits per heavy atom. The van der Waals surface area contributed by atoms with Gasteiger partial charge in [-0.15, -0.1) is 0 Å². The number of hydrogen-bond acceptors (Lipinski definition) is 4. The van der Waals surface area contributed by atoms with E-state index in [2.05, 4.69) is 9.98 Å². The molecule has 2 aliphatic heterocycles. The van der Waals surface area contributed by atoms with Crippen molar-refractivity contribution in [2.45, 2.75) is 6.42 Å². The predicted octanol–water partition coefficient (Wildman–Crippen LogP) is -0.175. The lowest BCUT2D eigenvalue weighted by Crippen LogP contribution is -2.79. The molecule has 130 valence electrons. The van der Waals surface area contributed by atoms with Gasteiger partial charge >= 0.3 is 6.03 Å². The number of hydrogen-bond donors (Lipinski definition) is 1. The summed E-state index contributed by atoms with van der Waals surface area (Å²) in [5.41, 5.74) is 1.78. The number of urea groups is 1. The molecule has 2 aliphatic rings. The molecule has 0 aliphatic carbocycles. The maximum Gasteiger partial charge on any atom is 0.417 e. The van der Waals surface area contributed by atoms with Crippen LogP contribution >= 0.6 is 0 Å². The largest absolute Gasteiger partial charge is 0.497 e. The van der Waals surface area contributed by atoms with E-state index in [1.807, 2.05) is 24.3 Å². The van der Waals surface area contributed by atoms with Crippen LogP contribution in [0.4, 0.5) is 4.79 Å². The fourth-order valence-electron chi connectivity index (χ4n) is 2.97. The summed E-state index contributed by atoms with van der Waals surface area (Å²) in [6.07, 6.45) is 4.23. The van der Waals surface area contributed by atoms with E-state index in [-0.39, 0.29) is 11.9 Å². The summed E-state index contributed by atoms with van der Waals surface area (Å²) >= 11 is 0. The number of aliphatic imine (C=N–C) groups is 1. The van der Waals surface area contributed by atoms with E-state index in [1.165, 1.54) is 11.9 Å². The molecule has 1 aromatic rings. The van der Waals surface area contributed by atoms with Crippen LogP contribution in [-0.2, 0) is 11.2 Å². The lowest BCUT2D eigenvalue weighted by atomic mass is 9.95. The monoisotopic (exact) mass is 341 g/mol. The molecule has 1 aromatic carbocycles. The summed E-state index contributed by atoms with van der Waals surface area (Å²) in [6, 6.07) is 7.48. The Labute approximate surface area is 146 Å². The first-order valence-electron chi connectivity index (χ1n) is 8.05. The molecule has 3 rings (SSSR count). The summed E-state index contributed by atoms with van der Waals surface area (Å²) in [5, 5.41) is 0. The van der Waals surface area contributed by atoms with E-state index in [9.17, 15) is 9.59 Å². The molecule has 1 fully saturated rings. The molecule has 0 spiro atoms. The van der Waals surface area contributed by atoms with Gasteiger partial charge in [-0.3, -0.25) is 9.79 Å². The fraction of sp³-hybridized carbons (Fsp3) is 0.333. The van der Waals surface area contributed by atoms with E-state index >= 15 is 0 Å². The van der Waals surface area contributed by atoms with Gasteiger partial charge in [-0.05, 0) is 30.2 Å². The van der Waals surface area contributed by atoms with E-state index in [0.717, 1.165) is 22.6 Å². The lowest BCUT2D eigenvalue weighted by Gasteiger charge is -2.31. The van der Waals surface area contributed by atoms with Crippen LogP contribution in [-0.4, -0.2) is 61.0 Å². The first-order valence-corrected chi connectivity index (χ1v) is 8.05. The fourth-order valence-corrected chi connectivity index (χ4v) is 2.97. The van der Waals surface area contributed by atoms with Gasteiger partial charge in [0.15, 0.2) is 5.92 Å². The number of ether oxygens (including phenoxy) is 1. The normalized spacial score (nSPS) is 21.5. The van der Waals surface area contributed by atoms with Crippen molar-refractivity contribution in [2.24, 2.45) is 10.9 Å². The minimum absolute atomic E-state index is 0.268. The molecular weight excluding hydrogens is 320 g/mol. The molecule has 7 nitrogen and oxygen atoms in total. The van der Waals surface area contributed by atoms with Crippen LogP contribution < -0.4 is 9.73 Å². The molecular formula is C18H21N4O3+. The summed E-state index contributed by atoms with van der Waals surface area (Å²) < 4.78 is 5.22. The number of amides is 3. The van der Waals surface area contributed by atoms with Crippen molar-refractivity contribution >= 4 is 23.5 Å². The second kappa shape index (κ2) is 6.88. The van der Waals surface area contributed by atoms with Crippen LogP contribution in [0.15, 0.2) is 41.5 Å². The van der Waals surface area contributed by atoms with Crippen molar-refractivity contribution in [3.05, 3.63) is 42.1 Å². The highest BCUT2D eigenvalue weighted by atomic mass is 16.5. The van der Waals surface area contributed by atoms with E-state index < -0.39 is 5.92 Å². The molecule has 1 atom stereocenters. The Hall–Kier alpha value is -2.96. The number of benzene rings is 1. The molecule has 0 saturated carbocycles. The Kier molecular flexibility index (Phi) is 4.65. The highest BCUT2D eigenvalue weighted by Crippen LogP contribution is 2.18. The Bertz CT molecular complexity index is 797. The molecule has 7 heteroatoms. The van der Waals surface area contributed by atoms with E-state index in [4.69, 9.17) is 4.74 Å². The van der Waals surface area contributed by atoms with Crippen LogP contribution in [0.25, 0.3) is 0 Å². The number of methoxy groups -OCH3 is 1. The smallest absolute Gasteiger partial charge is 0.417 e. The Morgan fingerprint density at radius 3 is 2.80 bits per heavy atom. The van der Waals surface area contributed by atoms with Crippen molar-refractivity contribution in [3.63, 3.8) is 0 Å². The van der Waals surface area contributed by atoms with Crippen molar-refractivity contribution in [3.8, 4) is 5.75 Å². The zero-order chi connectivity index (χ0) is 18.0. The summed E-state index contributed by atoms with van der Waals surface area (Å²) in [7, 11) is 4.78. The van der Waals surface area contributed by atoms with Gasteiger partial charge in [-0.1, -0.05) is 12.1 Å². The highest BCUT2D eigenvalue weighted by Gasteiger charge is 2.49. The van der Waals surface area contributed by atoms with Gasteiger partial charge in [0.25, 0.3) is 11.7 Å². The average Bonchev–Trinajstić information content (AvgIpc) is 2.64. The van der Waals surface area contributed by atoms with Crippen molar-refractivity contribution in [1.29, 1.82) is 0 Å². The molecule has 1 saturated heterocycles. The number of carbonyl (C=O) groups is 2. The predicted molar refractivity (Wildman–Crippen MR) is 93.5 cm³/mol. The lowest BCUT2D eigenvalue weighted by molar-refractivity contribution is -0.382. The molecule has 2 heterocycles. The molecule has 3 amide bonds. The summed E-state index contributed by atoms with van der Waals surface area (Å²) in [4.78, 5) is 34.8. The molecule has 1 N–H and O–H groups in total. The number of allylic oxidation sites excluding steroid dienone is 1. The van der Waals surface area contributed by atoms with Gasteiger partial charge < -0.3 is 4.74 Å². The van der Waals surface area contributed by atoms with Gasteiger partial charge in [-0.25, -0.2) is 14.7 Å². The summed E-state index contributed by atoms with van der Waals surface area (Å²) in [6.45, 7) is 0.547. The standard InChI is InChI=1S/C18H20N4O3/c1-21-16-15(17(23)22(2)18(21)24)14(8-10-20-16)19-9-7-12-5-4-6-13(11-12)25-3/h4-6,8,10-11,15H,7,9H2,1-3H3/p+1. The third kappa shape index (κ3) is 3.17. The molecule has 0 bridgehead atoms. The highest BCUT2D eigenvalue weighted by molar-refractivity contribution is 6.30. The van der Waals surface area contributed by atoms with Gasteiger partial charge in [0.2, 0.25) is 0 Å². The molecule has 0 aromatic heterocycles. The third-order valence-electron chi connectivity index (χ3n) is 4.40. The molecule has 1 unspecified atom stereocenters. The first-order chi connectivity index (χ1) is 12.0. The Morgan fingerprint density at radius 1 is 1.24 bits per heavy atom. The minimum atomic E-state index is -0.567. The van der Waals surface area contributed by atoms with Crippen LogP contribution in [0, 0.1) is 5.92 Å². The van der Waals surface area contributed by atoms with Crippen molar-refractivity contribution in [1.82, 2.24) is 9.80 Å². The van der Waals surface area contributed by atoms with Gasteiger partial charge in [0.1, 0.15) is 5.75 Å². The van der Waals surface area contributed by atoms with Gasteiger partial charge in [0, 0.05) is 13.6 Å². The maximum absolute atomic E-state index is 12.5.